The van der Waals surface area contributed by atoms with E-state index in [0.29, 0.717) is 28.9 Å². The number of H-pyrrole nitrogens is 1. The zero-order valence-corrected chi connectivity index (χ0v) is 15.5. The SMILES string of the molecule is COC(=O)c1ccc(CSc2nnc(Cc3c[nH]c4ccccc34)o2)cc1. The Balaban J connectivity index is 1.39. The maximum atomic E-state index is 11.5. The molecule has 0 fully saturated rings. The summed E-state index contributed by atoms with van der Waals surface area (Å²) in [6.07, 6.45) is 2.57. The lowest BCUT2D eigenvalue weighted by molar-refractivity contribution is 0.0600. The number of aromatic nitrogens is 3. The molecule has 0 aliphatic heterocycles. The Morgan fingerprint density at radius 1 is 1.15 bits per heavy atom. The molecule has 0 radical (unpaired) electrons. The fourth-order valence-electron chi connectivity index (χ4n) is 2.81. The lowest BCUT2D eigenvalue weighted by Gasteiger charge is -2.01. The molecular formula is C20H17N3O3S. The van der Waals surface area contributed by atoms with Gasteiger partial charge in [-0.25, -0.2) is 4.79 Å². The van der Waals surface area contributed by atoms with Crippen LogP contribution in [0.2, 0.25) is 0 Å². The molecule has 0 aliphatic carbocycles. The summed E-state index contributed by atoms with van der Waals surface area (Å²) in [6.45, 7) is 0. The fourth-order valence-corrected chi connectivity index (χ4v) is 3.55. The minimum Gasteiger partial charge on any atom is -0.465 e. The van der Waals surface area contributed by atoms with Crippen molar-refractivity contribution in [1.29, 1.82) is 0 Å². The Morgan fingerprint density at radius 3 is 2.78 bits per heavy atom. The number of benzene rings is 2. The van der Waals surface area contributed by atoms with Gasteiger partial charge in [0.15, 0.2) is 0 Å². The molecule has 0 amide bonds. The zero-order chi connectivity index (χ0) is 18.6. The largest absolute Gasteiger partial charge is 0.465 e. The molecule has 4 rings (SSSR count). The van der Waals surface area contributed by atoms with Crippen molar-refractivity contribution in [3.05, 3.63) is 77.3 Å². The molecule has 1 N–H and O–H groups in total. The lowest BCUT2D eigenvalue weighted by Crippen LogP contribution is -2.00. The standard InChI is InChI=1S/C20H17N3O3S/c1-25-19(24)14-8-6-13(7-9-14)12-27-20-23-22-18(26-20)10-15-11-21-17-5-3-2-4-16(15)17/h2-9,11,21H,10,12H2,1H3. The van der Waals surface area contributed by atoms with Crippen LogP contribution in [0.3, 0.4) is 0 Å². The molecule has 2 aromatic heterocycles. The van der Waals surface area contributed by atoms with Crippen molar-refractivity contribution in [3.8, 4) is 0 Å². The number of hydrogen-bond donors (Lipinski definition) is 1. The van der Waals surface area contributed by atoms with Crippen molar-refractivity contribution >= 4 is 28.6 Å². The smallest absolute Gasteiger partial charge is 0.337 e. The van der Waals surface area contributed by atoms with Crippen molar-refractivity contribution in [2.45, 2.75) is 17.4 Å². The molecule has 0 aliphatic rings. The highest BCUT2D eigenvalue weighted by molar-refractivity contribution is 7.98. The monoisotopic (exact) mass is 379 g/mol. The van der Waals surface area contributed by atoms with Crippen LogP contribution in [0, 0.1) is 0 Å². The number of carbonyl (C=O) groups is 1. The molecule has 0 bridgehead atoms. The summed E-state index contributed by atoms with van der Waals surface area (Å²) in [4.78, 5) is 14.7. The first-order valence-electron chi connectivity index (χ1n) is 8.40. The van der Waals surface area contributed by atoms with Crippen LogP contribution in [0.5, 0.6) is 0 Å². The second kappa shape index (κ2) is 7.67. The van der Waals surface area contributed by atoms with E-state index in [1.807, 2.05) is 36.5 Å². The Hall–Kier alpha value is -3.06. The number of nitrogens with zero attached hydrogens (tertiary/aromatic N) is 2. The number of esters is 1. The summed E-state index contributed by atoms with van der Waals surface area (Å²) in [7, 11) is 1.37. The molecule has 136 valence electrons. The number of para-hydroxylation sites is 1. The second-order valence-corrected chi connectivity index (χ2v) is 6.90. The van der Waals surface area contributed by atoms with Gasteiger partial charge >= 0.3 is 5.97 Å². The van der Waals surface area contributed by atoms with E-state index in [2.05, 4.69) is 21.2 Å². The van der Waals surface area contributed by atoms with Crippen LogP contribution in [-0.4, -0.2) is 28.3 Å². The van der Waals surface area contributed by atoms with Crippen molar-refractivity contribution in [3.63, 3.8) is 0 Å². The van der Waals surface area contributed by atoms with Gasteiger partial charge in [-0.3, -0.25) is 0 Å². The molecule has 6 nitrogen and oxygen atoms in total. The van der Waals surface area contributed by atoms with Gasteiger partial charge in [0.25, 0.3) is 5.22 Å². The highest BCUT2D eigenvalue weighted by Crippen LogP contribution is 2.24. The Kier molecular flexibility index (Phi) is 4.93. The van der Waals surface area contributed by atoms with Crippen molar-refractivity contribution in [2.24, 2.45) is 0 Å². The van der Waals surface area contributed by atoms with Gasteiger partial charge < -0.3 is 14.1 Å². The van der Waals surface area contributed by atoms with E-state index in [1.165, 1.54) is 18.9 Å². The second-order valence-electron chi connectivity index (χ2n) is 5.98. The number of hydrogen-bond acceptors (Lipinski definition) is 6. The van der Waals surface area contributed by atoms with E-state index in [0.717, 1.165) is 22.0 Å². The number of thioether (sulfide) groups is 1. The molecule has 0 spiro atoms. The van der Waals surface area contributed by atoms with Crippen LogP contribution >= 0.6 is 11.8 Å². The van der Waals surface area contributed by atoms with E-state index in [1.54, 1.807) is 12.1 Å². The van der Waals surface area contributed by atoms with Crippen LogP contribution in [0.4, 0.5) is 0 Å². The third kappa shape index (κ3) is 3.88. The van der Waals surface area contributed by atoms with Crippen LogP contribution in [0.15, 0.2) is 64.4 Å². The van der Waals surface area contributed by atoms with E-state index >= 15 is 0 Å². The van der Waals surface area contributed by atoms with E-state index in [4.69, 9.17) is 9.15 Å². The number of ether oxygens (including phenoxy) is 1. The summed E-state index contributed by atoms with van der Waals surface area (Å²) in [5.74, 6) is 0.923. The summed E-state index contributed by atoms with van der Waals surface area (Å²) in [5.41, 5.74) is 3.82. The molecule has 0 saturated carbocycles. The summed E-state index contributed by atoms with van der Waals surface area (Å²) >= 11 is 1.47. The lowest BCUT2D eigenvalue weighted by atomic mass is 10.1. The van der Waals surface area contributed by atoms with Crippen LogP contribution < -0.4 is 0 Å². The number of aromatic amines is 1. The average molecular weight is 379 g/mol. The van der Waals surface area contributed by atoms with E-state index < -0.39 is 0 Å². The highest BCUT2D eigenvalue weighted by Gasteiger charge is 2.11. The Labute approximate surface area is 159 Å². The maximum Gasteiger partial charge on any atom is 0.337 e. The summed E-state index contributed by atoms with van der Waals surface area (Å²) in [6, 6.07) is 15.4. The average Bonchev–Trinajstić information content (AvgIpc) is 3.34. The topological polar surface area (TPSA) is 81.0 Å². The molecule has 7 heteroatoms. The highest BCUT2D eigenvalue weighted by atomic mass is 32.2. The van der Waals surface area contributed by atoms with Crippen molar-refractivity contribution in [2.75, 3.05) is 7.11 Å². The molecule has 0 atom stereocenters. The molecule has 2 heterocycles. The number of methoxy groups -OCH3 is 1. The number of nitrogens with one attached hydrogen (secondary N) is 1. The Morgan fingerprint density at radius 2 is 1.96 bits per heavy atom. The predicted molar refractivity (Wildman–Crippen MR) is 103 cm³/mol. The van der Waals surface area contributed by atoms with Crippen LogP contribution in [0.25, 0.3) is 10.9 Å². The minimum absolute atomic E-state index is 0.340. The third-order valence-electron chi connectivity index (χ3n) is 4.20. The van der Waals surface area contributed by atoms with Gasteiger partial charge in [-0.15, -0.1) is 10.2 Å². The first-order valence-corrected chi connectivity index (χ1v) is 9.39. The van der Waals surface area contributed by atoms with Crippen LogP contribution in [0.1, 0.15) is 27.4 Å². The molecule has 0 unspecified atom stereocenters. The first kappa shape index (κ1) is 17.4. The van der Waals surface area contributed by atoms with E-state index in [-0.39, 0.29) is 5.97 Å². The molecule has 4 aromatic rings. The summed E-state index contributed by atoms with van der Waals surface area (Å²) < 4.78 is 10.5. The molecule has 27 heavy (non-hydrogen) atoms. The van der Waals surface area contributed by atoms with Crippen molar-refractivity contribution < 1.29 is 13.9 Å². The Bertz CT molecular complexity index is 1070. The molecule has 0 saturated heterocycles. The van der Waals surface area contributed by atoms with Gasteiger partial charge in [0.05, 0.1) is 19.1 Å². The molecular weight excluding hydrogens is 362 g/mol. The van der Waals surface area contributed by atoms with Gasteiger partial charge in [0.1, 0.15) is 0 Å². The maximum absolute atomic E-state index is 11.5. The molecule has 2 aromatic carbocycles. The number of fused-ring (bicyclic) bond motifs is 1. The van der Waals surface area contributed by atoms with Gasteiger partial charge in [-0.1, -0.05) is 42.1 Å². The quantitative estimate of drug-likeness (QED) is 0.399. The normalized spacial score (nSPS) is 11.0. The van der Waals surface area contributed by atoms with Crippen LogP contribution in [-0.2, 0) is 16.9 Å². The minimum atomic E-state index is -0.340. The van der Waals surface area contributed by atoms with Gasteiger partial charge in [-0.2, -0.15) is 0 Å². The van der Waals surface area contributed by atoms with Crippen molar-refractivity contribution in [1.82, 2.24) is 15.2 Å². The third-order valence-corrected chi connectivity index (χ3v) is 5.09. The summed E-state index contributed by atoms with van der Waals surface area (Å²) in [5, 5.41) is 9.95. The van der Waals surface area contributed by atoms with Gasteiger partial charge in [0, 0.05) is 22.9 Å². The number of rotatable bonds is 6. The predicted octanol–water partition coefficient (Wildman–Crippen LogP) is 4.22. The van der Waals surface area contributed by atoms with Gasteiger partial charge in [0.2, 0.25) is 5.89 Å². The first-order chi connectivity index (χ1) is 13.2. The van der Waals surface area contributed by atoms with E-state index in [9.17, 15) is 4.79 Å². The van der Waals surface area contributed by atoms with Gasteiger partial charge in [-0.05, 0) is 29.3 Å². The fraction of sp³-hybridized carbons (Fsp3) is 0.150. The number of carbonyl (C=O) groups excluding carboxylic acids is 1. The zero-order valence-electron chi connectivity index (χ0n) is 14.6.